The third-order valence-electron chi connectivity index (χ3n) is 3.76. The van der Waals surface area contributed by atoms with Crippen LogP contribution in [0.25, 0.3) is 0 Å². The lowest BCUT2D eigenvalue weighted by atomic mass is 9.87. The molecule has 1 radical (unpaired) electrons. The number of fused-ring (bicyclic) bond motifs is 1. The smallest absolute Gasteiger partial charge is 0.0139 e. The van der Waals surface area contributed by atoms with Crippen molar-refractivity contribution in [1.82, 2.24) is 4.90 Å². The Morgan fingerprint density at radius 1 is 1.29 bits per heavy atom. The Hall–Kier alpha value is -0.820. The van der Waals surface area contributed by atoms with Crippen LogP contribution in [0.2, 0.25) is 0 Å². The van der Waals surface area contributed by atoms with E-state index in [1.165, 1.54) is 56.3 Å². The van der Waals surface area contributed by atoms with Crippen molar-refractivity contribution in [3.63, 3.8) is 0 Å². The molecular formula is C16H24N. The largest absolute Gasteiger partial charge is 0.300 e. The van der Waals surface area contributed by atoms with E-state index in [4.69, 9.17) is 0 Å². The summed E-state index contributed by atoms with van der Waals surface area (Å²) in [7, 11) is 0. The molecule has 1 aliphatic carbocycles. The van der Waals surface area contributed by atoms with Gasteiger partial charge in [0.05, 0.1) is 0 Å². The SMILES string of the molecule is CCCN(CCC)C1CCc2ccc[c]c2C1. The van der Waals surface area contributed by atoms with Gasteiger partial charge < -0.3 is 4.90 Å². The monoisotopic (exact) mass is 230 g/mol. The maximum absolute atomic E-state index is 3.43. The van der Waals surface area contributed by atoms with Gasteiger partial charge in [-0.25, -0.2) is 0 Å². The average Bonchev–Trinajstić information content (AvgIpc) is 2.38. The van der Waals surface area contributed by atoms with Gasteiger partial charge in [0.2, 0.25) is 0 Å². The van der Waals surface area contributed by atoms with E-state index in [2.05, 4.69) is 43.0 Å². The Morgan fingerprint density at radius 2 is 2.06 bits per heavy atom. The Labute approximate surface area is 106 Å². The maximum atomic E-state index is 3.43. The van der Waals surface area contributed by atoms with Crippen molar-refractivity contribution >= 4 is 0 Å². The second-order valence-electron chi connectivity index (χ2n) is 5.11. The van der Waals surface area contributed by atoms with Crippen LogP contribution in [0.4, 0.5) is 0 Å². The predicted molar refractivity (Wildman–Crippen MR) is 73.2 cm³/mol. The molecule has 17 heavy (non-hydrogen) atoms. The lowest BCUT2D eigenvalue weighted by Gasteiger charge is -2.34. The normalized spacial score (nSPS) is 19.4. The van der Waals surface area contributed by atoms with Crippen molar-refractivity contribution in [3.8, 4) is 0 Å². The first kappa shape index (κ1) is 12.6. The highest BCUT2D eigenvalue weighted by atomic mass is 15.1. The molecule has 0 aromatic heterocycles. The van der Waals surface area contributed by atoms with Crippen LogP contribution in [-0.4, -0.2) is 24.0 Å². The van der Waals surface area contributed by atoms with Crippen molar-refractivity contribution in [3.05, 3.63) is 35.4 Å². The molecule has 1 unspecified atom stereocenters. The van der Waals surface area contributed by atoms with E-state index in [1.54, 1.807) is 0 Å². The van der Waals surface area contributed by atoms with Crippen LogP contribution in [0.5, 0.6) is 0 Å². The molecule has 1 aromatic rings. The van der Waals surface area contributed by atoms with E-state index in [9.17, 15) is 0 Å². The Bertz CT molecular complexity index is 339. The van der Waals surface area contributed by atoms with Gasteiger partial charge in [-0.05, 0) is 62.4 Å². The zero-order chi connectivity index (χ0) is 12.1. The quantitative estimate of drug-likeness (QED) is 0.748. The summed E-state index contributed by atoms with van der Waals surface area (Å²) in [5.41, 5.74) is 2.98. The molecule has 0 N–H and O–H groups in total. The fourth-order valence-corrected chi connectivity index (χ4v) is 2.95. The molecule has 0 heterocycles. The minimum Gasteiger partial charge on any atom is -0.300 e. The van der Waals surface area contributed by atoms with Crippen molar-refractivity contribution in [2.24, 2.45) is 0 Å². The Balaban J connectivity index is 2.04. The molecule has 0 bridgehead atoms. The lowest BCUT2D eigenvalue weighted by molar-refractivity contribution is 0.180. The van der Waals surface area contributed by atoms with Gasteiger partial charge in [-0.2, -0.15) is 0 Å². The summed E-state index contributed by atoms with van der Waals surface area (Å²) in [4.78, 5) is 2.68. The van der Waals surface area contributed by atoms with E-state index in [0.29, 0.717) is 0 Å². The highest BCUT2D eigenvalue weighted by Gasteiger charge is 2.22. The number of hydrogen-bond donors (Lipinski definition) is 0. The summed E-state index contributed by atoms with van der Waals surface area (Å²) >= 11 is 0. The maximum Gasteiger partial charge on any atom is 0.0139 e. The molecular weight excluding hydrogens is 206 g/mol. The lowest BCUT2D eigenvalue weighted by Crippen LogP contribution is -2.40. The van der Waals surface area contributed by atoms with Gasteiger partial charge in [0.25, 0.3) is 0 Å². The van der Waals surface area contributed by atoms with Gasteiger partial charge in [-0.1, -0.05) is 32.0 Å². The highest BCUT2D eigenvalue weighted by Crippen LogP contribution is 2.24. The number of nitrogens with zero attached hydrogens (tertiary/aromatic N) is 1. The fourth-order valence-electron chi connectivity index (χ4n) is 2.95. The van der Waals surface area contributed by atoms with Crippen LogP contribution in [0.15, 0.2) is 18.2 Å². The van der Waals surface area contributed by atoms with Gasteiger partial charge in [0.15, 0.2) is 0 Å². The van der Waals surface area contributed by atoms with Crippen LogP contribution in [0, 0.1) is 6.07 Å². The molecule has 93 valence electrons. The number of hydrogen-bond acceptors (Lipinski definition) is 1. The number of benzene rings is 1. The molecule has 0 saturated carbocycles. The molecule has 0 spiro atoms. The standard InChI is InChI=1S/C16H24N/c1-3-11-17(12-4-2)16-10-9-14-7-5-6-8-15(14)13-16/h5-7,16H,3-4,9-13H2,1-2H3. The van der Waals surface area contributed by atoms with E-state index >= 15 is 0 Å². The molecule has 1 heteroatoms. The second-order valence-corrected chi connectivity index (χ2v) is 5.11. The van der Waals surface area contributed by atoms with Crippen molar-refractivity contribution < 1.29 is 0 Å². The average molecular weight is 230 g/mol. The summed E-state index contributed by atoms with van der Waals surface area (Å²) < 4.78 is 0. The Morgan fingerprint density at radius 3 is 2.76 bits per heavy atom. The van der Waals surface area contributed by atoms with Gasteiger partial charge in [0.1, 0.15) is 0 Å². The van der Waals surface area contributed by atoms with Crippen LogP contribution in [-0.2, 0) is 12.8 Å². The first-order valence-electron chi connectivity index (χ1n) is 7.07. The highest BCUT2D eigenvalue weighted by molar-refractivity contribution is 5.29. The molecule has 1 atom stereocenters. The Kier molecular flexibility index (Phi) is 4.61. The summed E-state index contributed by atoms with van der Waals surface area (Å²) in [6.45, 7) is 7.07. The van der Waals surface area contributed by atoms with E-state index < -0.39 is 0 Å². The summed E-state index contributed by atoms with van der Waals surface area (Å²) in [5.74, 6) is 0. The molecule has 0 saturated heterocycles. The van der Waals surface area contributed by atoms with E-state index in [0.717, 1.165) is 6.04 Å². The first-order chi connectivity index (χ1) is 8.35. The minimum absolute atomic E-state index is 0.751. The van der Waals surface area contributed by atoms with Crippen LogP contribution >= 0.6 is 0 Å². The molecule has 2 rings (SSSR count). The number of rotatable bonds is 5. The van der Waals surface area contributed by atoms with Crippen molar-refractivity contribution in [2.75, 3.05) is 13.1 Å². The fraction of sp³-hybridized carbons (Fsp3) is 0.625. The minimum atomic E-state index is 0.751. The third-order valence-corrected chi connectivity index (χ3v) is 3.76. The second kappa shape index (κ2) is 6.20. The number of aryl methyl sites for hydroxylation is 1. The van der Waals surface area contributed by atoms with Crippen molar-refractivity contribution in [1.29, 1.82) is 0 Å². The third kappa shape index (κ3) is 3.10. The van der Waals surface area contributed by atoms with Gasteiger partial charge in [-0.3, -0.25) is 0 Å². The predicted octanol–water partition coefficient (Wildman–Crippen LogP) is 3.47. The first-order valence-corrected chi connectivity index (χ1v) is 7.07. The van der Waals surface area contributed by atoms with E-state index in [1.807, 2.05) is 0 Å². The molecule has 1 aromatic carbocycles. The van der Waals surface area contributed by atoms with Gasteiger partial charge >= 0.3 is 0 Å². The molecule has 0 amide bonds. The topological polar surface area (TPSA) is 3.24 Å². The van der Waals surface area contributed by atoms with E-state index in [-0.39, 0.29) is 0 Å². The van der Waals surface area contributed by atoms with Gasteiger partial charge in [-0.15, -0.1) is 0 Å². The van der Waals surface area contributed by atoms with Gasteiger partial charge in [0, 0.05) is 6.04 Å². The molecule has 1 aliphatic rings. The molecule has 1 nitrogen and oxygen atoms in total. The summed E-state index contributed by atoms with van der Waals surface area (Å²) in [6.07, 6.45) is 6.30. The summed E-state index contributed by atoms with van der Waals surface area (Å²) in [5, 5.41) is 0. The van der Waals surface area contributed by atoms with Crippen LogP contribution in [0.1, 0.15) is 44.2 Å². The van der Waals surface area contributed by atoms with Crippen molar-refractivity contribution in [2.45, 2.75) is 52.0 Å². The molecule has 0 fully saturated rings. The van der Waals surface area contributed by atoms with Crippen LogP contribution < -0.4 is 0 Å². The molecule has 0 aliphatic heterocycles. The summed E-state index contributed by atoms with van der Waals surface area (Å²) in [6, 6.07) is 10.6. The zero-order valence-corrected chi connectivity index (χ0v) is 11.2. The van der Waals surface area contributed by atoms with Crippen LogP contribution in [0.3, 0.4) is 0 Å². The zero-order valence-electron chi connectivity index (χ0n) is 11.2.